The maximum atomic E-state index is 13.3. The molecule has 0 saturated carbocycles. The predicted octanol–water partition coefficient (Wildman–Crippen LogP) is 4.27. The molecule has 1 aliphatic heterocycles. The molecule has 0 bridgehead atoms. The quantitative estimate of drug-likeness (QED) is 0.490. The van der Waals surface area contributed by atoms with Crippen LogP contribution in [0, 0.1) is 5.82 Å². The van der Waals surface area contributed by atoms with Crippen LogP contribution in [-0.4, -0.2) is 49.5 Å². The topological polar surface area (TPSA) is 51.2 Å². The smallest absolute Gasteiger partial charge is 0.240 e. The van der Waals surface area contributed by atoms with Crippen molar-refractivity contribution in [1.29, 1.82) is 0 Å². The first kappa shape index (κ1) is 23.1. The van der Waals surface area contributed by atoms with Crippen LogP contribution >= 0.6 is 0 Å². The Morgan fingerprint density at radius 2 is 1.61 bits per heavy atom. The van der Waals surface area contributed by atoms with Gasteiger partial charge in [-0.3, -0.25) is 4.90 Å². The van der Waals surface area contributed by atoms with Gasteiger partial charge in [0, 0.05) is 44.5 Å². The SMILES string of the molecule is COc1ccc(CN2CCN(c3ccc(S(=O)Oc4cccc(F)c4)cc3)CC2)cc1OC. The molecule has 1 heterocycles. The van der Waals surface area contributed by atoms with Crippen molar-refractivity contribution in [2.24, 2.45) is 0 Å². The van der Waals surface area contributed by atoms with Gasteiger partial charge in [0.2, 0.25) is 11.1 Å². The summed E-state index contributed by atoms with van der Waals surface area (Å²) in [4.78, 5) is 5.26. The van der Waals surface area contributed by atoms with E-state index in [2.05, 4.69) is 15.9 Å². The molecule has 174 valence electrons. The number of rotatable bonds is 8. The van der Waals surface area contributed by atoms with E-state index in [9.17, 15) is 8.60 Å². The van der Waals surface area contributed by atoms with E-state index in [1.807, 2.05) is 24.3 Å². The van der Waals surface area contributed by atoms with Crippen molar-refractivity contribution < 1.29 is 22.3 Å². The summed E-state index contributed by atoms with van der Waals surface area (Å²) in [6, 6.07) is 19.2. The fraction of sp³-hybridized carbons (Fsp3) is 0.280. The van der Waals surface area contributed by atoms with Gasteiger partial charge in [0.25, 0.3) is 0 Å². The molecule has 0 N–H and O–H groups in total. The van der Waals surface area contributed by atoms with Crippen LogP contribution in [0.3, 0.4) is 0 Å². The molecule has 1 unspecified atom stereocenters. The van der Waals surface area contributed by atoms with Crippen LogP contribution < -0.4 is 18.6 Å². The molecule has 8 heteroatoms. The maximum Gasteiger partial charge on any atom is 0.240 e. The Bertz CT molecular complexity index is 1100. The van der Waals surface area contributed by atoms with Crippen LogP contribution in [0.2, 0.25) is 0 Å². The number of anilines is 1. The molecule has 0 aliphatic carbocycles. The van der Waals surface area contributed by atoms with Gasteiger partial charge >= 0.3 is 0 Å². The van der Waals surface area contributed by atoms with Crippen LogP contribution in [0.15, 0.2) is 71.6 Å². The summed E-state index contributed by atoms with van der Waals surface area (Å²) in [5.41, 5.74) is 2.26. The standard InChI is InChI=1S/C25H27FN2O4S/c1-30-24-11-6-19(16-25(24)31-2)18-27-12-14-28(15-13-27)21-7-9-23(10-8-21)33(29)32-22-5-3-4-20(26)17-22/h3-11,16-17H,12-15,18H2,1-2H3. The number of piperazine rings is 1. The van der Waals surface area contributed by atoms with Gasteiger partial charge in [-0.15, -0.1) is 0 Å². The molecule has 0 aromatic heterocycles. The molecular weight excluding hydrogens is 443 g/mol. The van der Waals surface area contributed by atoms with E-state index in [0.717, 1.165) is 49.9 Å². The van der Waals surface area contributed by atoms with E-state index in [1.165, 1.54) is 23.8 Å². The van der Waals surface area contributed by atoms with Crippen LogP contribution in [0.4, 0.5) is 10.1 Å². The highest BCUT2D eigenvalue weighted by Crippen LogP contribution is 2.28. The zero-order chi connectivity index (χ0) is 23.2. The number of halogens is 1. The summed E-state index contributed by atoms with van der Waals surface area (Å²) in [7, 11) is 3.28. The van der Waals surface area contributed by atoms with Gasteiger partial charge < -0.3 is 18.6 Å². The normalized spacial score (nSPS) is 15.2. The lowest BCUT2D eigenvalue weighted by Gasteiger charge is -2.36. The number of methoxy groups -OCH3 is 2. The highest BCUT2D eigenvalue weighted by Gasteiger charge is 2.18. The molecule has 0 amide bonds. The molecule has 6 nitrogen and oxygen atoms in total. The second-order valence-electron chi connectivity index (χ2n) is 7.72. The van der Waals surface area contributed by atoms with Crippen LogP contribution in [-0.2, 0) is 17.6 Å². The van der Waals surface area contributed by atoms with E-state index in [0.29, 0.717) is 4.90 Å². The second kappa shape index (κ2) is 10.7. The van der Waals surface area contributed by atoms with Crippen molar-refractivity contribution in [3.63, 3.8) is 0 Å². The lowest BCUT2D eigenvalue weighted by atomic mass is 10.1. The Balaban J connectivity index is 1.31. The van der Waals surface area contributed by atoms with Crippen molar-refractivity contribution in [2.75, 3.05) is 45.3 Å². The Hall–Kier alpha value is -3.10. The number of ether oxygens (including phenoxy) is 2. The van der Waals surface area contributed by atoms with Crippen molar-refractivity contribution >= 4 is 16.8 Å². The molecule has 1 saturated heterocycles. The Kier molecular flexibility index (Phi) is 7.47. The molecule has 1 fully saturated rings. The van der Waals surface area contributed by atoms with Gasteiger partial charge in [-0.1, -0.05) is 12.1 Å². The Morgan fingerprint density at radius 1 is 0.879 bits per heavy atom. The summed E-state index contributed by atoms with van der Waals surface area (Å²) in [6.07, 6.45) is 0. The average Bonchev–Trinajstić information content (AvgIpc) is 2.84. The minimum absolute atomic E-state index is 0.239. The number of hydrogen-bond acceptors (Lipinski definition) is 6. The fourth-order valence-corrected chi connectivity index (χ4v) is 4.56. The van der Waals surface area contributed by atoms with Gasteiger partial charge in [0.15, 0.2) is 11.5 Å². The molecule has 1 aliphatic rings. The molecule has 4 rings (SSSR count). The van der Waals surface area contributed by atoms with Gasteiger partial charge in [-0.25, -0.2) is 8.60 Å². The van der Waals surface area contributed by atoms with E-state index < -0.39 is 16.9 Å². The highest BCUT2D eigenvalue weighted by molar-refractivity contribution is 7.80. The first-order valence-corrected chi connectivity index (χ1v) is 11.8. The lowest BCUT2D eigenvalue weighted by Crippen LogP contribution is -2.45. The third-order valence-electron chi connectivity index (χ3n) is 5.59. The van der Waals surface area contributed by atoms with Gasteiger partial charge in [0.05, 0.1) is 19.1 Å². The summed E-state index contributed by atoms with van der Waals surface area (Å²) in [6.45, 7) is 4.52. The first-order chi connectivity index (χ1) is 16.1. The van der Waals surface area contributed by atoms with Gasteiger partial charge in [0.1, 0.15) is 11.6 Å². The summed E-state index contributed by atoms with van der Waals surface area (Å²) < 4.78 is 41.8. The second-order valence-corrected chi connectivity index (χ2v) is 8.83. The third-order valence-corrected chi connectivity index (χ3v) is 6.59. The van der Waals surface area contributed by atoms with Crippen molar-refractivity contribution in [1.82, 2.24) is 4.90 Å². The average molecular weight is 471 g/mol. The fourth-order valence-electron chi connectivity index (χ4n) is 3.82. The zero-order valence-corrected chi connectivity index (χ0v) is 19.5. The summed E-state index contributed by atoms with van der Waals surface area (Å²) in [5, 5.41) is 0. The maximum absolute atomic E-state index is 13.3. The van der Waals surface area contributed by atoms with E-state index in [4.69, 9.17) is 13.7 Å². The zero-order valence-electron chi connectivity index (χ0n) is 18.7. The third kappa shape index (κ3) is 5.83. The summed E-state index contributed by atoms with van der Waals surface area (Å²) in [5.74, 6) is 1.29. The number of hydrogen-bond donors (Lipinski definition) is 0. The van der Waals surface area contributed by atoms with E-state index in [1.54, 1.807) is 32.4 Å². The number of nitrogens with zero attached hydrogens (tertiary/aromatic N) is 2. The molecular formula is C25H27FN2O4S. The highest BCUT2D eigenvalue weighted by atomic mass is 32.2. The largest absolute Gasteiger partial charge is 0.493 e. The molecule has 1 atom stereocenters. The minimum atomic E-state index is -1.70. The molecule has 0 spiro atoms. The van der Waals surface area contributed by atoms with E-state index in [-0.39, 0.29) is 5.75 Å². The molecule has 3 aromatic carbocycles. The lowest BCUT2D eigenvalue weighted by molar-refractivity contribution is 0.249. The van der Waals surface area contributed by atoms with Crippen LogP contribution in [0.25, 0.3) is 0 Å². The van der Waals surface area contributed by atoms with Crippen molar-refractivity contribution in [2.45, 2.75) is 11.4 Å². The minimum Gasteiger partial charge on any atom is -0.493 e. The monoisotopic (exact) mass is 470 g/mol. The van der Waals surface area contributed by atoms with Crippen molar-refractivity contribution in [3.05, 3.63) is 78.1 Å². The molecule has 33 heavy (non-hydrogen) atoms. The van der Waals surface area contributed by atoms with Crippen LogP contribution in [0.5, 0.6) is 17.2 Å². The first-order valence-electron chi connectivity index (χ1n) is 10.7. The Labute approximate surface area is 196 Å². The predicted molar refractivity (Wildman–Crippen MR) is 127 cm³/mol. The molecule has 0 radical (unpaired) electrons. The Morgan fingerprint density at radius 3 is 2.27 bits per heavy atom. The van der Waals surface area contributed by atoms with Gasteiger partial charge in [-0.05, 0) is 54.1 Å². The van der Waals surface area contributed by atoms with Gasteiger partial charge in [-0.2, -0.15) is 0 Å². The van der Waals surface area contributed by atoms with Crippen molar-refractivity contribution in [3.8, 4) is 17.2 Å². The summed E-state index contributed by atoms with van der Waals surface area (Å²) >= 11 is -1.70. The van der Waals surface area contributed by atoms with Crippen LogP contribution in [0.1, 0.15) is 5.56 Å². The molecule has 3 aromatic rings. The van der Waals surface area contributed by atoms with E-state index >= 15 is 0 Å². The number of benzene rings is 3.